The van der Waals surface area contributed by atoms with Crippen LogP contribution in [0.25, 0.3) is 22.0 Å². The van der Waals surface area contributed by atoms with Gasteiger partial charge < -0.3 is 10.2 Å². The zero-order valence-corrected chi connectivity index (χ0v) is 18.4. The fourth-order valence-electron chi connectivity index (χ4n) is 3.57. The van der Waals surface area contributed by atoms with E-state index in [0.29, 0.717) is 0 Å². The number of rotatable bonds is 8. The van der Waals surface area contributed by atoms with Gasteiger partial charge in [0.15, 0.2) is 0 Å². The van der Waals surface area contributed by atoms with E-state index < -0.39 is 0 Å². The first kappa shape index (κ1) is 21.5. The number of fused-ring (bicyclic) bond motifs is 1. The van der Waals surface area contributed by atoms with E-state index in [0.717, 1.165) is 35.4 Å². The van der Waals surface area contributed by atoms with Crippen LogP contribution < -0.4 is 5.32 Å². The van der Waals surface area contributed by atoms with E-state index in [1.165, 1.54) is 22.1 Å². The van der Waals surface area contributed by atoms with Gasteiger partial charge in [-0.1, -0.05) is 54.6 Å². The second-order valence-electron chi connectivity index (χ2n) is 7.70. The summed E-state index contributed by atoms with van der Waals surface area (Å²) in [5, 5.41) is 5.80. The fraction of sp³-hybridized carbons (Fsp3) is 0.222. The van der Waals surface area contributed by atoms with Gasteiger partial charge in [-0.3, -0.25) is 0 Å². The Morgan fingerprint density at radius 2 is 1.70 bits per heavy atom. The van der Waals surface area contributed by atoms with Crippen molar-refractivity contribution in [3.05, 3.63) is 96.2 Å². The molecule has 2 aromatic carbocycles. The highest BCUT2D eigenvalue weighted by molar-refractivity contribution is 5.89. The molecule has 3 rings (SSSR count). The normalized spacial score (nSPS) is 12.4. The third-order valence-electron chi connectivity index (χ3n) is 5.12. The van der Waals surface area contributed by atoms with E-state index in [1.54, 1.807) is 0 Å². The number of hydrogen-bond acceptors (Lipinski definition) is 3. The Bertz CT molecular complexity index is 1070. The average molecular weight is 398 g/mol. The molecule has 0 saturated heterocycles. The summed E-state index contributed by atoms with van der Waals surface area (Å²) < 4.78 is 0. The largest absolute Gasteiger partial charge is 0.340 e. The molecule has 0 aliphatic heterocycles. The molecule has 0 spiro atoms. The zero-order chi connectivity index (χ0) is 21.5. The van der Waals surface area contributed by atoms with Crippen LogP contribution in [-0.4, -0.2) is 24.0 Å². The molecule has 30 heavy (non-hydrogen) atoms. The van der Waals surface area contributed by atoms with Crippen LogP contribution in [0.4, 0.5) is 5.82 Å². The van der Waals surface area contributed by atoms with Gasteiger partial charge in [-0.05, 0) is 74.1 Å². The van der Waals surface area contributed by atoms with Gasteiger partial charge in [0.05, 0.1) is 0 Å². The molecule has 1 aromatic heterocycles. The molecule has 0 amide bonds. The summed E-state index contributed by atoms with van der Waals surface area (Å²) in [7, 11) is 4.17. The van der Waals surface area contributed by atoms with Gasteiger partial charge in [-0.15, -0.1) is 6.58 Å². The molecule has 0 aliphatic carbocycles. The Hall–Kier alpha value is -3.17. The number of nitrogens with zero attached hydrogens (tertiary/aromatic N) is 2. The lowest BCUT2D eigenvalue weighted by Crippen LogP contribution is -2.10. The number of pyridine rings is 1. The standard InChI is InChI=1S/C27H31N3/c1-6-9-21(7-2)23-14-15-24-18-28-27(17-25(24)16-23)29-26(8-3)22-12-10-20(11-13-22)19-30(4)5/h6-8,10-18H,1,9,19H2,2-5H3,(H,28,29)/b21-7+,26-8-. The smallest absolute Gasteiger partial charge is 0.130 e. The van der Waals surface area contributed by atoms with Crippen molar-refractivity contribution in [3.63, 3.8) is 0 Å². The number of nitrogens with one attached hydrogen (secondary N) is 1. The van der Waals surface area contributed by atoms with Gasteiger partial charge in [-0.25, -0.2) is 4.98 Å². The van der Waals surface area contributed by atoms with Crippen LogP contribution in [0.5, 0.6) is 0 Å². The number of benzene rings is 2. The summed E-state index contributed by atoms with van der Waals surface area (Å²) in [6.45, 7) is 8.93. The zero-order valence-electron chi connectivity index (χ0n) is 18.4. The Kier molecular flexibility index (Phi) is 7.21. The number of aromatic nitrogens is 1. The molecule has 0 aliphatic rings. The highest BCUT2D eigenvalue weighted by Gasteiger charge is 2.06. The van der Waals surface area contributed by atoms with Crippen LogP contribution in [0.1, 0.15) is 37.0 Å². The second kappa shape index (κ2) is 10.0. The van der Waals surface area contributed by atoms with Crippen molar-refractivity contribution in [2.24, 2.45) is 0 Å². The van der Waals surface area contributed by atoms with Crippen LogP contribution >= 0.6 is 0 Å². The number of anilines is 1. The molecule has 1 heterocycles. The Balaban J connectivity index is 1.85. The van der Waals surface area contributed by atoms with Crippen LogP contribution in [0.15, 0.2) is 79.5 Å². The van der Waals surface area contributed by atoms with Crippen LogP contribution in [0.2, 0.25) is 0 Å². The van der Waals surface area contributed by atoms with Crippen molar-refractivity contribution in [2.75, 3.05) is 19.4 Å². The monoisotopic (exact) mass is 397 g/mol. The quantitative estimate of drug-likeness (QED) is 0.426. The predicted octanol–water partition coefficient (Wildman–Crippen LogP) is 6.75. The molecular weight excluding hydrogens is 366 g/mol. The Labute approximate surface area is 180 Å². The van der Waals surface area contributed by atoms with Gasteiger partial charge in [0.1, 0.15) is 5.82 Å². The van der Waals surface area contributed by atoms with Crippen molar-refractivity contribution in [2.45, 2.75) is 26.8 Å². The lowest BCUT2D eigenvalue weighted by Gasteiger charge is -2.14. The molecule has 1 N–H and O–H groups in total. The molecule has 0 radical (unpaired) electrons. The maximum absolute atomic E-state index is 4.62. The van der Waals surface area contributed by atoms with Crippen molar-refractivity contribution in [3.8, 4) is 0 Å². The van der Waals surface area contributed by atoms with Gasteiger partial charge >= 0.3 is 0 Å². The minimum absolute atomic E-state index is 0.843. The molecule has 3 aromatic rings. The van der Waals surface area contributed by atoms with Crippen LogP contribution in [-0.2, 0) is 6.54 Å². The number of allylic oxidation sites excluding steroid dienone is 4. The first-order chi connectivity index (χ1) is 14.5. The van der Waals surface area contributed by atoms with Crippen molar-refractivity contribution >= 4 is 27.9 Å². The lowest BCUT2D eigenvalue weighted by atomic mass is 9.99. The molecule has 0 unspecified atom stereocenters. The SMILES string of the molecule is C=CC/C(=C\C)c1ccc2cnc(N/C(=C\C)c3ccc(CN(C)C)cc3)cc2c1. The molecule has 0 bridgehead atoms. The maximum atomic E-state index is 4.62. The van der Waals surface area contributed by atoms with E-state index in [1.807, 2.05) is 19.2 Å². The molecule has 0 saturated carbocycles. The van der Waals surface area contributed by atoms with E-state index >= 15 is 0 Å². The molecule has 154 valence electrons. The van der Waals surface area contributed by atoms with E-state index in [2.05, 4.69) is 103 Å². The van der Waals surface area contributed by atoms with Crippen LogP contribution in [0.3, 0.4) is 0 Å². The minimum atomic E-state index is 0.843. The molecule has 0 fully saturated rings. The lowest BCUT2D eigenvalue weighted by molar-refractivity contribution is 0.402. The highest BCUT2D eigenvalue weighted by atomic mass is 15.0. The molecule has 3 nitrogen and oxygen atoms in total. The van der Waals surface area contributed by atoms with Gasteiger partial charge in [0.25, 0.3) is 0 Å². The highest BCUT2D eigenvalue weighted by Crippen LogP contribution is 2.26. The third kappa shape index (κ3) is 5.25. The fourth-order valence-corrected chi connectivity index (χ4v) is 3.57. The van der Waals surface area contributed by atoms with Gasteiger partial charge in [0, 0.05) is 23.8 Å². The molecule has 0 atom stereocenters. The van der Waals surface area contributed by atoms with Gasteiger partial charge in [-0.2, -0.15) is 0 Å². The first-order valence-electron chi connectivity index (χ1n) is 10.4. The molecular formula is C27H31N3. The molecule has 3 heteroatoms. The van der Waals surface area contributed by atoms with E-state index in [4.69, 9.17) is 0 Å². The van der Waals surface area contributed by atoms with E-state index in [-0.39, 0.29) is 0 Å². The van der Waals surface area contributed by atoms with E-state index in [9.17, 15) is 0 Å². The topological polar surface area (TPSA) is 28.2 Å². The summed E-state index contributed by atoms with van der Waals surface area (Å²) in [4.78, 5) is 6.79. The Morgan fingerprint density at radius 1 is 0.967 bits per heavy atom. The maximum Gasteiger partial charge on any atom is 0.130 e. The summed E-state index contributed by atoms with van der Waals surface area (Å²) in [6, 6.07) is 17.3. The minimum Gasteiger partial charge on any atom is -0.340 e. The van der Waals surface area contributed by atoms with Crippen molar-refractivity contribution in [1.82, 2.24) is 9.88 Å². The first-order valence-corrected chi connectivity index (χ1v) is 10.4. The number of hydrogen-bond donors (Lipinski definition) is 1. The van der Waals surface area contributed by atoms with Crippen LogP contribution in [0, 0.1) is 0 Å². The summed E-state index contributed by atoms with van der Waals surface area (Å²) in [5.41, 5.74) is 6.01. The summed E-state index contributed by atoms with van der Waals surface area (Å²) in [6.07, 6.45) is 8.98. The summed E-state index contributed by atoms with van der Waals surface area (Å²) in [5.74, 6) is 0.843. The predicted molar refractivity (Wildman–Crippen MR) is 131 cm³/mol. The third-order valence-corrected chi connectivity index (χ3v) is 5.12. The van der Waals surface area contributed by atoms with Crippen molar-refractivity contribution < 1.29 is 0 Å². The Morgan fingerprint density at radius 3 is 2.33 bits per heavy atom. The summed E-state index contributed by atoms with van der Waals surface area (Å²) >= 11 is 0. The van der Waals surface area contributed by atoms with Crippen molar-refractivity contribution in [1.29, 1.82) is 0 Å². The average Bonchev–Trinajstić information content (AvgIpc) is 2.75. The van der Waals surface area contributed by atoms with Gasteiger partial charge in [0.2, 0.25) is 0 Å². The second-order valence-corrected chi connectivity index (χ2v) is 7.70.